The van der Waals surface area contributed by atoms with E-state index in [1.54, 1.807) is 48.7 Å². The van der Waals surface area contributed by atoms with Crippen LogP contribution < -0.4 is 5.32 Å². The van der Waals surface area contributed by atoms with E-state index in [1.165, 1.54) is 6.08 Å². The number of rotatable bonds is 6. The van der Waals surface area contributed by atoms with Crippen molar-refractivity contribution < 1.29 is 13.6 Å². The number of nitrogens with zero attached hydrogens (tertiary/aromatic N) is 2. The van der Waals surface area contributed by atoms with Crippen LogP contribution in [-0.4, -0.2) is 15.9 Å². The van der Waals surface area contributed by atoms with Gasteiger partial charge in [-0.15, -0.1) is 0 Å². The monoisotopic (exact) mass is 489 g/mol. The fourth-order valence-corrected chi connectivity index (χ4v) is 3.84. The van der Waals surface area contributed by atoms with Gasteiger partial charge in [-0.05, 0) is 66.2 Å². The summed E-state index contributed by atoms with van der Waals surface area (Å²) in [4.78, 5) is 20.8. The van der Waals surface area contributed by atoms with Crippen LogP contribution in [0.5, 0.6) is 0 Å². The average Bonchev–Trinajstić information content (AvgIpc) is 3.49. The molecular weight excluding hydrogens is 473 g/mol. The van der Waals surface area contributed by atoms with Crippen molar-refractivity contribution >= 4 is 46.4 Å². The Labute approximate surface area is 204 Å². The zero-order chi connectivity index (χ0) is 23.5. The molecule has 3 aromatic heterocycles. The number of hydrogen-bond acceptors (Lipinski definition) is 5. The zero-order valence-electron chi connectivity index (χ0n) is 17.7. The zero-order valence-corrected chi connectivity index (χ0v) is 19.2. The van der Waals surface area contributed by atoms with Crippen molar-refractivity contribution in [3.05, 3.63) is 100 Å². The number of amides is 1. The molecule has 0 atom stereocenters. The van der Waals surface area contributed by atoms with Gasteiger partial charge in [0, 0.05) is 35.0 Å². The van der Waals surface area contributed by atoms with Gasteiger partial charge in [-0.3, -0.25) is 4.79 Å². The van der Waals surface area contributed by atoms with Crippen LogP contribution in [0.3, 0.4) is 0 Å². The number of carbonyl (C=O) groups excluding carboxylic acids is 1. The minimum absolute atomic E-state index is 0.239. The molecule has 5 rings (SSSR count). The molecule has 0 saturated heterocycles. The summed E-state index contributed by atoms with van der Waals surface area (Å²) in [5.74, 6) is 1.39. The van der Waals surface area contributed by atoms with Crippen molar-refractivity contribution in [1.29, 1.82) is 0 Å². The summed E-state index contributed by atoms with van der Waals surface area (Å²) >= 11 is 12.2. The molecule has 168 valence electrons. The second kappa shape index (κ2) is 9.55. The number of oxazole rings is 1. The third-order valence-corrected chi connectivity index (χ3v) is 5.60. The number of benzene rings is 2. The molecule has 0 aliphatic heterocycles. The van der Waals surface area contributed by atoms with Gasteiger partial charge in [0.05, 0.1) is 5.02 Å². The largest absolute Gasteiger partial charge is 0.457 e. The molecule has 5 aromatic rings. The minimum Gasteiger partial charge on any atom is -0.457 e. The van der Waals surface area contributed by atoms with Crippen molar-refractivity contribution in [1.82, 2.24) is 15.3 Å². The highest BCUT2D eigenvalue weighted by Gasteiger charge is 2.10. The molecule has 3 heterocycles. The van der Waals surface area contributed by atoms with E-state index in [-0.39, 0.29) is 5.91 Å². The topological polar surface area (TPSA) is 81.2 Å². The predicted octanol–water partition coefficient (Wildman–Crippen LogP) is 6.79. The Balaban J connectivity index is 1.18. The van der Waals surface area contributed by atoms with E-state index in [0.29, 0.717) is 45.2 Å². The summed E-state index contributed by atoms with van der Waals surface area (Å²) in [6.07, 6.45) is 4.70. The van der Waals surface area contributed by atoms with Crippen LogP contribution in [0.1, 0.15) is 11.3 Å². The number of pyridine rings is 1. The first kappa shape index (κ1) is 21.9. The van der Waals surface area contributed by atoms with E-state index in [2.05, 4.69) is 15.3 Å². The van der Waals surface area contributed by atoms with Gasteiger partial charge in [0.15, 0.2) is 11.2 Å². The fourth-order valence-electron chi connectivity index (χ4n) is 3.34. The van der Waals surface area contributed by atoms with Gasteiger partial charge < -0.3 is 14.2 Å². The molecule has 1 amide bonds. The molecule has 8 heteroatoms. The fraction of sp³-hybridized carbons (Fsp3) is 0.0385. The number of nitrogens with one attached hydrogen (secondary N) is 1. The lowest BCUT2D eigenvalue weighted by atomic mass is 10.1. The lowest BCUT2D eigenvalue weighted by Gasteiger charge is -2.03. The van der Waals surface area contributed by atoms with Gasteiger partial charge in [-0.2, -0.15) is 4.98 Å². The number of fused-ring (bicyclic) bond motifs is 1. The van der Waals surface area contributed by atoms with Crippen LogP contribution >= 0.6 is 23.2 Å². The second-order valence-corrected chi connectivity index (χ2v) is 8.26. The quantitative estimate of drug-likeness (QED) is 0.265. The standard InChI is InChI=1S/C26H17Cl2N3O3/c27-18-7-10-20(21(28)14-18)22-11-8-19(33-22)9-12-24(32)30-15-16-3-5-17(6-4-16)26-31-25-23(34-26)2-1-13-29-25/h1-14H,15H2,(H,30,32)/b12-9+. The normalized spacial score (nSPS) is 11.4. The average molecular weight is 490 g/mol. The maximum absolute atomic E-state index is 12.2. The highest BCUT2D eigenvalue weighted by Crippen LogP contribution is 2.31. The van der Waals surface area contributed by atoms with Crippen molar-refractivity contribution in [2.24, 2.45) is 0 Å². The van der Waals surface area contributed by atoms with Crippen LogP contribution in [0.15, 0.2) is 87.8 Å². The van der Waals surface area contributed by atoms with E-state index in [4.69, 9.17) is 32.0 Å². The molecular formula is C26H17Cl2N3O3. The Morgan fingerprint density at radius 2 is 1.85 bits per heavy atom. The summed E-state index contributed by atoms with van der Waals surface area (Å²) in [5, 5.41) is 3.90. The molecule has 0 saturated carbocycles. The van der Waals surface area contributed by atoms with E-state index >= 15 is 0 Å². The molecule has 1 N–H and O–H groups in total. The molecule has 0 radical (unpaired) electrons. The Bertz CT molecular complexity index is 1470. The SMILES string of the molecule is O=C(/C=C/c1ccc(-c2ccc(Cl)cc2Cl)o1)NCc1ccc(-c2nc3ncccc3o2)cc1. The summed E-state index contributed by atoms with van der Waals surface area (Å²) in [6.45, 7) is 0.377. The van der Waals surface area contributed by atoms with Crippen LogP contribution in [0.2, 0.25) is 10.0 Å². The molecule has 0 fully saturated rings. The smallest absolute Gasteiger partial charge is 0.244 e. The van der Waals surface area contributed by atoms with Crippen molar-refractivity contribution in [2.75, 3.05) is 0 Å². The third kappa shape index (κ3) is 4.88. The van der Waals surface area contributed by atoms with Crippen LogP contribution in [0.25, 0.3) is 40.1 Å². The molecule has 34 heavy (non-hydrogen) atoms. The summed E-state index contributed by atoms with van der Waals surface area (Å²) in [6, 6.07) is 20.0. The van der Waals surface area contributed by atoms with E-state index < -0.39 is 0 Å². The Morgan fingerprint density at radius 3 is 2.65 bits per heavy atom. The maximum atomic E-state index is 12.2. The van der Waals surface area contributed by atoms with Gasteiger partial charge >= 0.3 is 0 Å². The number of carbonyl (C=O) groups is 1. The highest BCUT2D eigenvalue weighted by molar-refractivity contribution is 6.36. The Hall–Kier alpha value is -3.87. The summed E-state index contributed by atoms with van der Waals surface area (Å²) in [5.41, 5.74) is 3.72. The molecule has 0 aliphatic rings. The molecule has 0 unspecified atom stereocenters. The first-order valence-electron chi connectivity index (χ1n) is 10.4. The summed E-state index contributed by atoms with van der Waals surface area (Å²) < 4.78 is 11.5. The highest BCUT2D eigenvalue weighted by atomic mass is 35.5. The van der Waals surface area contributed by atoms with Crippen LogP contribution in [-0.2, 0) is 11.3 Å². The van der Waals surface area contributed by atoms with Gasteiger partial charge in [-0.1, -0.05) is 35.3 Å². The number of hydrogen-bond donors (Lipinski definition) is 1. The van der Waals surface area contributed by atoms with Crippen LogP contribution in [0.4, 0.5) is 0 Å². The molecule has 0 aliphatic carbocycles. The van der Waals surface area contributed by atoms with Crippen LogP contribution in [0, 0.1) is 0 Å². The van der Waals surface area contributed by atoms with Gasteiger partial charge in [0.1, 0.15) is 11.5 Å². The minimum atomic E-state index is -0.239. The van der Waals surface area contributed by atoms with Gasteiger partial charge in [0.25, 0.3) is 0 Å². The van der Waals surface area contributed by atoms with Gasteiger partial charge in [0.2, 0.25) is 11.8 Å². The second-order valence-electron chi connectivity index (χ2n) is 7.42. The third-order valence-electron chi connectivity index (χ3n) is 5.05. The van der Waals surface area contributed by atoms with E-state index in [0.717, 1.165) is 16.7 Å². The molecule has 6 nitrogen and oxygen atoms in total. The number of furan rings is 1. The molecule has 0 spiro atoms. The Morgan fingerprint density at radius 1 is 1.00 bits per heavy atom. The van der Waals surface area contributed by atoms with E-state index in [1.807, 2.05) is 30.3 Å². The lowest BCUT2D eigenvalue weighted by Crippen LogP contribution is -2.20. The van der Waals surface area contributed by atoms with E-state index in [9.17, 15) is 4.79 Å². The first-order valence-corrected chi connectivity index (χ1v) is 11.1. The molecule has 0 bridgehead atoms. The molecule has 2 aromatic carbocycles. The lowest BCUT2D eigenvalue weighted by molar-refractivity contribution is -0.116. The van der Waals surface area contributed by atoms with Crippen molar-refractivity contribution in [2.45, 2.75) is 6.54 Å². The van der Waals surface area contributed by atoms with Gasteiger partial charge in [-0.25, -0.2) is 4.98 Å². The number of aromatic nitrogens is 2. The maximum Gasteiger partial charge on any atom is 0.244 e. The summed E-state index contributed by atoms with van der Waals surface area (Å²) in [7, 11) is 0. The first-order chi connectivity index (χ1) is 16.5. The Kier molecular flexibility index (Phi) is 6.16. The number of halogens is 2. The van der Waals surface area contributed by atoms with Crippen molar-refractivity contribution in [3.8, 4) is 22.8 Å². The predicted molar refractivity (Wildman–Crippen MR) is 132 cm³/mol. The van der Waals surface area contributed by atoms with Crippen molar-refractivity contribution in [3.63, 3.8) is 0 Å².